The lowest BCUT2D eigenvalue weighted by Crippen LogP contribution is -2.17. The van der Waals surface area contributed by atoms with Crippen LogP contribution in [-0.2, 0) is 29.1 Å². The molecule has 3 aliphatic rings. The van der Waals surface area contributed by atoms with Crippen LogP contribution in [0.25, 0.3) is 44.2 Å². The Hall–Kier alpha value is -5.20. The summed E-state index contributed by atoms with van der Waals surface area (Å²) in [6, 6.07) is 45.4. The Bertz CT molecular complexity index is 2820. The fraction of sp³-hybridized carbons (Fsp3) is 0.286. The monoisotopic (exact) mass is 726 g/mol. The van der Waals surface area contributed by atoms with E-state index in [2.05, 4.69) is 184 Å². The second-order valence-corrected chi connectivity index (χ2v) is 19.2. The molecule has 10 rings (SSSR count). The molecule has 56 heavy (non-hydrogen) atoms. The fourth-order valence-corrected chi connectivity index (χ4v) is 11.3. The minimum absolute atomic E-state index is 0.0631. The summed E-state index contributed by atoms with van der Waals surface area (Å²) in [6.07, 6.45) is 2.06. The molecule has 0 spiro atoms. The normalized spacial score (nSPS) is 16.5. The van der Waals surface area contributed by atoms with Crippen molar-refractivity contribution in [3.05, 3.63) is 188 Å². The zero-order valence-electron chi connectivity index (χ0n) is 35.0. The molecule has 0 aromatic heterocycles. The van der Waals surface area contributed by atoms with Crippen molar-refractivity contribution in [1.29, 1.82) is 0 Å². The van der Waals surface area contributed by atoms with Gasteiger partial charge in [-0.1, -0.05) is 144 Å². The van der Waals surface area contributed by atoms with Crippen molar-refractivity contribution < 1.29 is 0 Å². The largest absolute Gasteiger partial charge is 0.0616 e. The third-order valence-electron chi connectivity index (χ3n) is 14.5. The van der Waals surface area contributed by atoms with Crippen LogP contribution >= 0.6 is 0 Å². The summed E-state index contributed by atoms with van der Waals surface area (Å²) in [4.78, 5) is 0. The first-order chi connectivity index (χ1) is 26.6. The van der Waals surface area contributed by atoms with Gasteiger partial charge < -0.3 is 0 Å². The summed E-state index contributed by atoms with van der Waals surface area (Å²) >= 11 is 0. The van der Waals surface area contributed by atoms with E-state index in [-0.39, 0.29) is 16.2 Å². The van der Waals surface area contributed by atoms with Gasteiger partial charge in [0.15, 0.2) is 0 Å². The average molecular weight is 727 g/mol. The van der Waals surface area contributed by atoms with E-state index in [4.69, 9.17) is 0 Å². The Morgan fingerprint density at radius 2 is 0.982 bits per heavy atom. The predicted molar refractivity (Wildman–Crippen MR) is 239 cm³/mol. The lowest BCUT2D eigenvalue weighted by Gasteiger charge is -2.25. The number of hydrogen-bond acceptors (Lipinski definition) is 0. The van der Waals surface area contributed by atoms with E-state index in [9.17, 15) is 0 Å². The van der Waals surface area contributed by atoms with Gasteiger partial charge in [-0.2, -0.15) is 0 Å². The van der Waals surface area contributed by atoms with Gasteiger partial charge in [-0.05, 0) is 176 Å². The van der Waals surface area contributed by atoms with E-state index in [0.29, 0.717) is 5.92 Å². The number of benzene rings is 7. The standard InChI is InChI=1S/C56H54/c1-32-15-18-38(34(3)23-32)27-39(40-20-16-33(2)24-35(40)4)25-36-17-21-42-43-28-50-44(29-49(43)55(7,8)48(42)26-36)45-30-52-46(31-51(45)56(50,9)10)53-41-14-12-11-13-37(41)19-22-47(53)54(52,5)6/h11-24,26,28-31,39H,25,27H2,1-10H3. The van der Waals surface area contributed by atoms with E-state index in [0.717, 1.165) is 12.8 Å². The molecular weight excluding hydrogens is 673 g/mol. The predicted octanol–water partition coefficient (Wildman–Crippen LogP) is 14.6. The van der Waals surface area contributed by atoms with Crippen LogP contribution in [-0.4, -0.2) is 0 Å². The molecular formula is C56H54. The topological polar surface area (TPSA) is 0 Å². The highest BCUT2D eigenvalue weighted by atomic mass is 14.5. The first-order valence-electron chi connectivity index (χ1n) is 20.8. The van der Waals surface area contributed by atoms with Crippen molar-refractivity contribution in [3.8, 4) is 33.4 Å². The minimum atomic E-state index is -0.105. The molecule has 0 radical (unpaired) electrons. The van der Waals surface area contributed by atoms with Crippen LogP contribution < -0.4 is 0 Å². The van der Waals surface area contributed by atoms with Gasteiger partial charge in [0.2, 0.25) is 0 Å². The molecule has 0 nitrogen and oxygen atoms in total. The second kappa shape index (κ2) is 11.9. The molecule has 0 fully saturated rings. The van der Waals surface area contributed by atoms with Crippen molar-refractivity contribution >= 4 is 10.8 Å². The van der Waals surface area contributed by atoms with Crippen LogP contribution in [0.3, 0.4) is 0 Å². The third kappa shape index (κ3) is 4.97. The van der Waals surface area contributed by atoms with Crippen LogP contribution in [0.5, 0.6) is 0 Å². The van der Waals surface area contributed by atoms with Crippen LogP contribution in [0.1, 0.15) is 120 Å². The zero-order valence-corrected chi connectivity index (χ0v) is 35.0. The lowest BCUT2D eigenvalue weighted by molar-refractivity contribution is 0.646. The van der Waals surface area contributed by atoms with Crippen molar-refractivity contribution in [2.75, 3.05) is 0 Å². The number of fused-ring (bicyclic) bond motifs is 11. The smallest absolute Gasteiger partial charge is 0.0159 e. The van der Waals surface area contributed by atoms with Gasteiger partial charge in [-0.3, -0.25) is 0 Å². The van der Waals surface area contributed by atoms with Gasteiger partial charge in [0.05, 0.1) is 0 Å². The Kier molecular flexibility index (Phi) is 7.49. The first-order valence-corrected chi connectivity index (χ1v) is 20.8. The fourth-order valence-electron chi connectivity index (χ4n) is 11.3. The second-order valence-electron chi connectivity index (χ2n) is 19.2. The number of hydrogen-bond donors (Lipinski definition) is 0. The highest BCUT2D eigenvalue weighted by molar-refractivity contribution is 6.04. The molecule has 0 N–H and O–H groups in total. The van der Waals surface area contributed by atoms with E-state index in [1.807, 2.05) is 0 Å². The lowest BCUT2D eigenvalue weighted by atomic mass is 9.78. The van der Waals surface area contributed by atoms with Crippen molar-refractivity contribution in [2.24, 2.45) is 0 Å². The summed E-state index contributed by atoms with van der Waals surface area (Å²) < 4.78 is 0. The van der Waals surface area contributed by atoms with Crippen LogP contribution in [0, 0.1) is 27.7 Å². The van der Waals surface area contributed by atoms with Crippen LogP contribution in [0.4, 0.5) is 0 Å². The average Bonchev–Trinajstić information content (AvgIpc) is 3.63. The maximum absolute atomic E-state index is 2.59. The van der Waals surface area contributed by atoms with Gasteiger partial charge >= 0.3 is 0 Å². The van der Waals surface area contributed by atoms with E-state index < -0.39 is 0 Å². The molecule has 0 saturated carbocycles. The van der Waals surface area contributed by atoms with Gasteiger partial charge in [0.25, 0.3) is 0 Å². The molecule has 0 heterocycles. The van der Waals surface area contributed by atoms with Crippen molar-refractivity contribution in [3.63, 3.8) is 0 Å². The minimum Gasteiger partial charge on any atom is -0.0616 e. The molecule has 0 bridgehead atoms. The summed E-state index contributed by atoms with van der Waals surface area (Å²) in [6.45, 7) is 23.7. The summed E-state index contributed by atoms with van der Waals surface area (Å²) in [7, 11) is 0. The Labute approximate surface area is 334 Å². The van der Waals surface area contributed by atoms with Crippen molar-refractivity contribution in [2.45, 2.75) is 104 Å². The molecule has 7 aromatic carbocycles. The number of rotatable bonds is 5. The van der Waals surface area contributed by atoms with Crippen LogP contribution in [0.15, 0.2) is 115 Å². The molecule has 0 heteroatoms. The van der Waals surface area contributed by atoms with E-state index in [1.54, 1.807) is 0 Å². The highest BCUT2D eigenvalue weighted by Gasteiger charge is 2.45. The molecule has 0 amide bonds. The quantitative estimate of drug-likeness (QED) is 0.166. The van der Waals surface area contributed by atoms with E-state index in [1.165, 1.54) is 116 Å². The third-order valence-corrected chi connectivity index (χ3v) is 14.5. The van der Waals surface area contributed by atoms with Gasteiger partial charge in [0.1, 0.15) is 0 Å². The highest BCUT2D eigenvalue weighted by Crippen LogP contribution is 2.60. The molecule has 1 unspecified atom stereocenters. The van der Waals surface area contributed by atoms with Crippen molar-refractivity contribution in [1.82, 2.24) is 0 Å². The maximum atomic E-state index is 2.59. The Morgan fingerprint density at radius 3 is 1.64 bits per heavy atom. The molecule has 3 aliphatic carbocycles. The van der Waals surface area contributed by atoms with Gasteiger partial charge in [0, 0.05) is 16.2 Å². The Balaban J connectivity index is 1.05. The zero-order chi connectivity index (χ0) is 39.1. The maximum Gasteiger partial charge on any atom is 0.0159 e. The molecule has 7 aromatic rings. The van der Waals surface area contributed by atoms with Gasteiger partial charge in [-0.25, -0.2) is 0 Å². The first kappa shape index (κ1) is 35.2. The molecule has 0 saturated heterocycles. The Morgan fingerprint density at radius 1 is 0.429 bits per heavy atom. The van der Waals surface area contributed by atoms with E-state index >= 15 is 0 Å². The summed E-state index contributed by atoms with van der Waals surface area (Å²) in [5.41, 5.74) is 26.8. The SMILES string of the molecule is Cc1ccc(CC(Cc2ccc3c(c2)C(C)(C)c2cc4c(cc2-3)C(C)(C)c2cc3c(cc2-4)C(C)(C)c2ccc4ccccc4c2-3)c2ccc(C)cc2C)c(C)c1. The summed E-state index contributed by atoms with van der Waals surface area (Å²) in [5, 5.41) is 2.69. The van der Waals surface area contributed by atoms with Crippen LogP contribution in [0.2, 0.25) is 0 Å². The summed E-state index contributed by atoms with van der Waals surface area (Å²) in [5.74, 6) is 0.401. The number of aryl methyl sites for hydroxylation is 4. The molecule has 1 atom stereocenters. The molecule has 278 valence electrons. The molecule has 0 aliphatic heterocycles. The van der Waals surface area contributed by atoms with Gasteiger partial charge in [-0.15, -0.1) is 0 Å².